The second kappa shape index (κ2) is 21.3. The van der Waals surface area contributed by atoms with Crippen molar-refractivity contribution in [2.45, 2.75) is 136 Å². The summed E-state index contributed by atoms with van der Waals surface area (Å²) in [6.07, 6.45) is -1.85. The van der Waals surface area contributed by atoms with E-state index in [0.717, 1.165) is 84.8 Å². The first kappa shape index (κ1) is 57.0. The third-order valence-corrected chi connectivity index (χ3v) is 14.8. The summed E-state index contributed by atoms with van der Waals surface area (Å²) in [5.74, 6) is -1.12. The van der Waals surface area contributed by atoms with Gasteiger partial charge in [0, 0.05) is 34.9 Å². The topological polar surface area (TPSA) is 181 Å². The molecule has 1 amide bonds. The summed E-state index contributed by atoms with van der Waals surface area (Å²) < 4.78 is 90.1. The van der Waals surface area contributed by atoms with Crippen LogP contribution in [0.4, 0.5) is 26.3 Å². The number of benzene rings is 4. The lowest BCUT2D eigenvalue weighted by atomic mass is 9.38. The minimum absolute atomic E-state index is 0. The van der Waals surface area contributed by atoms with Crippen molar-refractivity contribution in [3.8, 4) is 0 Å². The summed E-state index contributed by atoms with van der Waals surface area (Å²) in [6, 6.07) is 21.1. The van der Waals surface area contributed by atoms with Gasteiger partial charge in [0.15, 0.2) is 11.4 Å². The number of carboxylic acids is 1. The number of amides is 1. The Labute approximate surface area is 437 Å². The van der Waals surface area contributed by atoms with Crippen molar-refractivity contribution in [3.05, 3.63) is 130 Å². The van der Waals surface area contributed by atoms with Crippen LogP contribution in [0.3, 0.4) is 0 Å². The van der Waals surface area contributed by atoms with Gasteiger partial charge >= 0.3 is 30.3 Å². The number of nitrogens with one attached hydrogen (secondary N) is 1. The number of carboxylic acid groups (broad SMARTS) is 1. The lowest BCUT2D eigenvalue weighted by Crippen LogP contribution is -2.75. The van der Waals surface area contributed by atoms with Gasteiger partial charge in [0.1, 0.15) is 0 Å². The molecule has 0 unspecified atom stereocenters. The van der Waals surface area contributed by atoms with Crippen molar-refractivity contribution in [2.24, 2.45) is 28.4 Å². The van der Waals surface area contributed by atoms with Crippen molar-refractivity contribution >= 4 is 45.6 Å². The fourth-order valence-corrected chi connectivity index (χ4v) is 11.9. The molecule has 13 nitrogen and oxygen atoms in total. The van der Waals surface area contributed by atoms with E-state index in [0.29, 0.717) is 72.4 Å². The van der Waals surface area contributed by atoms with Crippen molar-refractivity contribution < 1.29 is 60.1 Å². The van der Waals surface area contributed by atoms with Gasteiger partial charge in [-0.25, -0.2) is 4.79 Å². The van der Waals surface area contributed by atoms with Crippen LogP contribution in [-0.4, -0.2) is 73.8 Å². The Hall–Kier alpha value is -6.76. The molecule has 76 heavy (non-hydrogen) atoms. The highest BCUT2D eigenvalue weighted by atomic mass is 19.4. The van der Waals surface area contributed by atoms with Gasteiger partial charge in [-0.15, -0.1) is 0 Å². The number of nitrogens with two attached hydrogens (primary N) is 1. The number of aromatic carboxylic acids is 1. The summed E-state index contributed by atoms with van der Waals surface area (Å²) in [5.41, 5.74) is 9.16. The molecule has 0 radical (unpaired) electrons. The summed E-state index contributed by atoms with van der Waals surface area (Å²) in [4.78, 5) is 47.8. The minimum atomic E-state index is -4.39. The molecule has 0 atom stereocenters. The average molecular weight is 1060 g/mol. The number of carbonyl (C=O) groups is 4. The van der Waals surface area contributed by atoms with Gasteiger partial charge in [0.2, 0.25) is 0 Å². The van der Waals surface area contributed by atoms with E-state index in [1.54, 1.807) is 10.7 Å². The number of hydrogen-bond donors (Lipinski definition) is 3. The zero-order valence-corrected chi connectivity index (χ0v) is 42.8. The van der Waals surface area contributed by atoms with Gasteiger partial charge in [-0.1, -0.05) is 83.7 Å². The molecular formula is C57H66F6N6O7. The molecule has 408 valence electrons. The van der Waals surface area contributed by atoms with Crippen molar-refractivity contribution in [1.82, 2.24) is 24.9 Å². The quantitative estimate of drug-likeness (QED) is 0.0661. The van der Waals surface area contributed by atoms with Gasteiger partial charge in [0.25, 0.3) is 5.91 Å². The number of aromatic nitrogens is 4. The highest BCUT2D eigenvalue weighted by molar-refractivity contribution is 6.07. The summed E-state index contributed by atoms with van der Waals surface area (Å²) >= 11 is 0. The first-order chi connectivity index (χ1) is 35.2. The molecular weight excluding hydrogens is 995 g/mol. The maximum Gasteiger partial charge on any atom is 0.416 e. The number of rotatable bonds is 15. The largest absolute Gasteiger partial charge is 0.476 e. The Morgan fingerprint density at radius 3 is 1.37 bits per heavy atom. The Kier molecular flexibility index (Phi) is 16.0. The molecule has 12 rings (SSSR count). The maximum atomic E-state index is 13.5. The third-order valence-electron chi connectivity index (χ3n) is 14.8. The molecule has 6 fully saturated rings. The van der Waals surface area contributed by atoms with Crippen molar-refractivity contribution in [3.63, 3.8) is 0 Å². The second-order valence-electron chi connectivity index (χ2n) is 22.2. The Morgan fingerprint density at radius 1 is 0.632 bits per heavy atom. The molecule has 2 heterocycles. The standard InChI is InChI=1S/C28H30F3N3O3.C20H19F3N2O2.C8H13NO2.CH4/c1-17(2)13-34-21-6-4-5-19(11-18-7-9-20(10-8-18)28(29,30)31)23(21)24(33-34)25(36)32-27-14-26(15-27,16-27)12-22(35)37-3;1-12(2)11-25-16-5-3-4-14(17(16)18(24-25)19(26)27)10-13-6-8-15(9-7-13)20(21,22)23;1-11-6(10)2-7-3-8(9,4-7)5-7;/h4-10,17H,11-16H2,1-3H3,(H,32,36);3-9,12H,10-11H2,1-2H3,(H,26,27);2-5,9H2,1H3;1H4. The van der Waals surface area contributed by atoms with E-state index in [-0.39, 0.29) is 58.8 Å². The van der Waals surface area contributed by atoms with Crippen LogP contribution in [0.2, 0.25) is 0 Å². The smallest absolute Gasteiger partial charge is 0.416 e. The lowest BCUT2D eigenvalue weighted by Gasteiger charge is -2.70. The molecule has 0 aliphatic heterocycles. The van der Waals surface area contributed by atoms with Gasteiger partial charge in [-0.3, -0.25) is 23.7 Å². The van der Waals surface area contributed by atoms with Crippen LogP contribution < -0.4 is 11.1 Å². The first-order valence-electron chi connectivity index (χ1n) is 24.9. The number of ether oxygens (including phenoxy) is 2. The highest BCUT2D eigenvalue weighted by Crippen LogP contribution is 2.69. The molecule has 4 bridgehead atoms. The molecule has 19 heteroatoms. The molecule has 2 aromatic heterocycles. The van der Waals surface area contributed by atoms with Gasteiger partial charge in [-0.05, 0) is 133 Å². The van der Waals surface area contributed by atoms with E-state index in [1.165, 1.54) is 38.5 Å². The van der Waals surface area contributed by atoms with E-state index >= 15 is 0 Å². The predicted octanol–water partition coefficient (Wildman–Crippen LogP) is 11.6. The van der Waals surface area contributed by atoms with E-state index in [1.807, 2.05) is 48.9 Å². The van der Waals surface area contributed by atoms with Crippen LogP contribution in [0.15, 0.2) is 84.9 Å². The Balaban J connectivity index is 0.000000187. The fraction of sp³-hybridized carbons (Fsp3) is 0.474. The predicted molar refractivity (Wildman–Crippen MR) is 274 cm³/mol. The number of nitrogens with zero attached hydrogens (tertiary/aromatic N) is 4. The number of carbonyl (C=O) groups excluding carboxylic acids is 3. The van der Waals surface area contributed by atoms with Crippen LogP contribution in [0.5, 0.6) is 0 Å². The van der Waals surface area contributed by atoms with E-state index in [4.69, 9.17) is 15.6 Å². The minimum Gasteiger partial charge on any atom is -0.476 e. The Bertz CT molecular complexity index is 3080. The van der Waals surface area contributed by atoms with Crippen LogP contribution in [0.25, 0.3) is 21.8 Å². The monoisotopic (exact) mass is 1060 g/mol. The lowest BCUT2D eigenvalue weighted by molar-refractivity contribution is -0.175. The van der Waals surface area contributed by atoms with Crippen LogP contribution in [-0.2, 0) is 57.3 Å². The molecule has 6 aliphatic carbocycles. The third kappa shape index (κ3) is 12.1. The molecule has 4 aromatic carbocycles. The number of alkyl halides is 6. The summed E-state index contributed by atoms with van der Waals surface area (Å²) in [7, 11) is 2.82. The van der Waals surface area contributed by atoms with Crippen molar-refractivity contribution in [2.75, 3.05) is 14.2 Å². The number of fused-ring (bicyclic) bond motifs is 2. The fourth-order valence-electron chi connectivity index (χ4n) is 11.9. The molecule has 0 saturated heterocycles. The van der Waals surface area contributed by atoms with Gasteiger partial charge in [0.05, 0.1) is 49.2 Å². The number of esters is 2. The highest BCUT2D eigenvalue weighted by Gasteiger charge is 2.69. The van der Waals surface area contributed by atoms with E-state index in [2.05, 4.69) is 29.0 Å². The average Bonchev–Trinajstić information content (AvgIpc) is 3.86. The summed E-state index contributed by atoms with van der Waals surface area (Å²) in [5, 5.41) is 22.9. The van der Waals surface area contributed by atoms with Gasteiger partial charge in [-0.2, -0.15) is 36.5 Å². The number of halogens is 6. The SMILES string of the molecule is C.CC(C)Cn1nc(C(=O)O)c2c(Cc3ccc(C(F)(F)F)cc3)cccc21.COC(=O)CC12CC(N)(C1)C2.COC(=O)CC12CC(NC(=O)c3nn(CC(C)C)c4cccc(Cc5ccc(C(F)(F)F)cc5)c34)(C1)C2. The van der Waals surface area contributed by atoms with E-state index < -0.39 is 29.4 Å². The second-order valence-corrected chi connectivity index (χ2v) is 22.2. The zero-order chi connectivity index (χ0) is 54.5. The molecule has 6 aromatic rings. The molecule has 6 saturated carbocycles. The van der Waals surface area contributed by atoms with Gasteiger partial charge < -0.3 is 25.6 Å². The van der Waals surface area contributed by atoms with Crippen molar-refractivity contribution in [1.29, 1.82) is 0 Å². The molecule has 4 N–H and O–H groups in total. The Morgan fingerprint density at radius 2 is 1.01 bits per heavy atom. The summed E-state index contributed by atoms with van der Waals surface area (Å²) in [6.45, 7) is 9.37. The molecule has 6 aliphatic rings. The first-order valence-corrected chi connectivity index (χ1v) is 24.9. The number of methoxy groups -OCH3 is 2. The normalized spacial score (nSPS) is 21.8. The van der Waals surface area contributed by atoms with Crippen LogP contribution in [0, 0.1) is 22.7 Å². The maximum absolute atomic E-state index is 13.5. The molecule has 0 spiro atoms. The van der Waals surface area contributed by atoms with Crippen LogP contribution in [0.1, 0.15) is 141 Å². The zero-order valence-electron chi connectivity index (χ0n) is 42.8. The van der Waals surface area contributed by atoms with Crippen LogP contribution >= 0.6 is 0 Å². The number of hydrogen-bond acceptors (Lipinski definition) is 9. The van der Waals surface area contributed by atoms with E-state index in [9.17, 15) is 50.6 Å².